The van der Waals surface area contributed by atoms with Crippen molar-refractivity contribution in [2.75, 3.05) is 0 Å². The SMILES string of the molecule is O=C([O-])[O-].O=C1OC(=O)c2ccccc21.[K+].[K+]. The molecule has 0 bridgehead atoms. The van der Waals surface area contributed by atoms with Crippen molar-refractivity contribution in [1.82, 2.24) is 0 Å². The van der Waals surface area contributed by atoms with Crippen molar-refractivity contribution in [2.45, 2.75) is 0 Å². The minimum atomic E-state index is -2.33. The maximum Gasteiger partial charge on any atom is 1.00 e. The van der Waals surface area contributed by atoms with Crippen molar-refractivity contribution in [2.24, 2.45) is 0 Å². The summed E-state index contributed by atoms with van der Waals surface area (Å²) in [4.78, 5) is 30.0. The quantitative estimate of drug-likeness (QED) is 0.266. The van der Waals surface area contributed by atoms with Gasteiger partial charge in [-0.1, -0.05) is 12.1 Å². The van der Waals surface area contributed by atoms with Crippen LogP contribution in [0.25, 0.3) is 0 Å². The third kappa shape index (κ3) is 6.57. The molecule has 0 aliphatic carbocycles. The Kier molecular flexibility index (Phi) is 11.6. The maximum absolute atomic E-state index is 10.8. The molecule has 0 fully saturated rings. The van der Waals surface area contributed by atoms with Gasteiger partial charge in [0.15, 0.2) is 0 Å². The summed E-state index contributed by atoms with van der Waals surface area (Å²) < 4.78 is 4.35. The number of carbonyl (C=O) groups excluding carboxylic acids is 3. The zero-order chi connectivity index (χ0) is 11.4. The van der Waals surface area contributed by atoms with Crippen LogP contribution in [-0.4, -0.2) is 18.1 Å². The Labute approximate surface area is 182 Å². The van der Waals surface area contributed by atoms with Crippen LogP contribution >= 0.6 is 0 Å². The molecule has 1 aliphatic rings. The van der Waals surface area contributed by atoms with Gasteiger partial charge in [0, 0.05) is 0 Å². The number of carboxylic acid groups (broad SMARTS) is 2. The summed E-state index contributed by atoms with van der Waals surface area (Å²) in [7, 11) is 0. The molecule has 17 heavy (non-hydrogen) atoms. The van der Waals surface area contributed by atoms with Crippen molar-refractivity contribution in [3.63, 3.8) is 0 Å². The van der Waals surface area contributed by atoms with Gasteiger partial charge in [-0.15, -0.1) is 0 Å². The monoisotopic (exact) mass is 286 g/mol. The topological polar surface area (TPSA) is 107 Å². The Morgan fingerprint density at radius 3 is 1.53 bits per heavy atom. The largest absolute Gasteiger partial charge is 1.00 e. The number of benzene rings is 1. The molecule has 1 aromatic carbocycles. The van der Waals surface area contributed by atoms with E-state index >= 15 is 0 Å². The van der Waals surface area contributed by atoms with Crippen LogP contribution in [0.5, 0.6) is 0 Å². The molecule has 2 rings (SSSR count). The van der Waals surface area contributed by atoms with Crippen LogP contribution in [0.2, 0.25) is 0 Å². The second-order valence-electron chi connectivity index (χ2n) is 2.47. The first kappa shape index (κ1) is 20.2. The first-order valence-electron chi connectivity index (χ1n) is 3.76. The summed E-state index contributed by atoms with van der Waals surface area (Å²) in [5, 5.41) is 16.7. The minimum absolute atomic E-state index is 0. The molecule has 0 spiro atoms. The van der Waals surface area contributed by atoms with Gasteiger partial charge in [0.2, 0.25) is 0 Å². The third-order valence-electron chi connectivity index (χ3n) is 1.55. The Morgan fingerprint density at radius 2 is 1.24 bits per heavy atom. The van der Waals surface area contributed by atoms with Crippen LogP contribution in [0.4, 0.5) is 4.79 Å². The summed E-state index contributed by atoms with van der Waals surface area (Å²) >= 11 is 0. The van der Waals surface area contributed by atoms with E-state index in [1.165, 1.54) is 0 Å². The fraction of sp³-hybridized carbons (Fsp3) is 0. The smallest absolute Gasteiger partial charge is 0.652 e. The number of ether oxygens (including phenoxy) is 1. The Balaban J connectivity index is 0. The number of carbonyl (C=O) groups is 3. The van der Waals surface area contributed by atoms with Crippen molar-refractivity contribution in [1.29, 1.82) is 0 Å². The van der Waals surface area contributed by atoms with Crippen LogP contribution in [-0.2, 0) is 4.74 Å². The number of hydrogen-bond acceptors (Lipinski definition) is 6. The van der Waals surface area contributed by atoms with Gasteiger partial charge in [-0.05, 0) is 18.3 Å². The van der Waals surface area contributed by atoms with Crippen LogP contribution in [0.3, 0.4) is 0 Å². The zero-order valence-corrected chi connectivity index (χ0v) is 15.5. The summed E-state index contributed by atoms with van der Waals surface area (Å²) in [5.74, 6) is -1.10. The molecule has 0 unspecified atom stereocenters. The molecule has 1 aliphatic heterocycles. The second-order valence-corrected chi connectivity index (χ2v) is 2.47. The molecule has 0 atom stereocenters. The molecule has 0 N–H and O–H groups in total. The Bertz CT molecular complexity index is 394. The number of cyclic esters (lactones) is 2. The molecular weight excluding hydrogens is 282 g/mol. The van der Waals surface area contributed by atoms with Crippen LogP contribution in [0, 0.1) is 0 Å². The van der Waals surface area contributed by atoms with Crippen LogP contribution in [0.15, 0.2) is 24.3 Å². The van der Waals surface area contributed by atoms with Gasteiger partial charge < -0.3 is 19.7 Å². The van der Waals surface area contributed by atoms with E-state index in [0.29, 0.717) is 11.1 Å². The van der Waals surface area contributed by atoms with Gasteiger partial charge >= 0.3 is 115 Å². The van der Waals surface area contributed by atoms with Gasteiger partial charge in [-0.3, -0.25) is 0 Å². The van der Waals surface area contributed by atoms with E-state index in [4.69, 9.17) is 15.0 Å². The predicted octanol–water partition coefficient (Wildman–Crippen LogP) is -7.44. The molecule has 0 amide bonds. The molecule has 0 aromatic heterocycles. The Morgan fingerprint density at radius 1 is 0.941 bits per heavy atom. The van der Waals surface area contributed by atoms with Crippen LogP contribution < -0.4 is 113 Å². The summed E-state index contributed by atoms with van der Waals surface area (Å²) in [6, 6.07) is 6.53. The molecular formula is C9H4K2O6. The molecule has 8 heteroatoms. The van der Waals surface area contributed by atoms with Crippen molar-refractivity contribution in [3.05, 3.63) is 35.4 Å². The van der Waals surface area contributed by atoms with E-state index in [1.807, 2.05) is 0 Å². The fourth-order valence-corrected chi connectivity index (χ4v) is 1.03. The van der Waals surface area contributed by atoms with Gasteiger partial charge in [-0.2, -0.15) is 0 Å². The molecule has 0 saturated heterocycles. The van der Waals surface area contributed by atoms with Crippen molar-refractivity contribution >= 4 is 18.1 Å². The molecule has 0 saturated carbocycles. The van der Waals surface area contributed by atoms with E-state index < -0.39 is 18.1 Å². The molecule has 78 valence electrons. The number of esters is 2. The number of hydrogen-bond donors (Lipinski definition) is 0. The standard InChI is InChI=1S/C8H4O3.CH2O3.2K/c9-7-5-3-1-2-4-6(5)8(10)11-7;2-1(3)4;;/h1-4H;(H2,2,3,4);;/q;;2*+1/p-2. The van der Waals surface area contributed by atoms with E-state index in [2.05, 4.69) is 4.74 Å². The van der Waals surface area contributed by atoms with Crippen molar-refractivity contribution in [3.8, 4) is 0 Å². The molecule has 1 heterocycles. The van der Waals surface area contributed by atoms with E-state index in [-0.39, 0.29) is 103 Å². The molecule has 1 aromatic rings. The normalized spacial score (nSPS) is 10.8. The second kappa shape index (κ2) is 9.78. The minimum Gasteiger partial charge on any atom is -0.652 e. The summed E-state index contributed by atoms with van der Waals surface area (Å²) in [6.07, 6.45) is -2.33. The first-order chi connectivity index (χ1) is 7.02. The Hall–Kier alpha value is 0.903. The summed E-state index contributed by atoms with van der Waals surface area (Å²) in [5.41, 5.74) is 0.718. The van der Waals surface area contributed by atoms with E-state index in [9.17, 15) is 9.59 Å². The average Bonchev–Trinajstić information content (AvgIpc) is 2.43. The van der Waals surface area contributed by atoms with Crippen LogP contribution in [0.1, 0.15) is 20.7 Å². The first-order valence-corrected chi connectivity index (χ1v) is 3.76. The average molecular weight is 286 g/mol. The molecule has 6 nitrogen and oxygen atoms in total. The van der Waals surface area contributed by atoms with E-state index in [0.717, 1.165) is 0 Å². The number of rotatable bonds is 0. The number of fused-ring (bicyclic) bond motifs is 1. The molecule has 0 radical (unpaired) electrons. The fourth-order valence-electron chi connectivity index (χ4n) is 1.03. The van der Waals surface area contributed by atoms with Gasteiger partial charge in [0.05, 0.1) is 11.1 Å². The van der Waals surface area contributed by atoms with E-state index in [1.54, 1.807) is 24.3 Å². The van der Waals surface area contributed by atoms with Gasteiger partial charge in [0.1, 0.15) is 0 Å². The van der Waals surface area contributed by atoms with Crippen molar-refractivity contribution < 1.29 is 132 Å². The predicted molar refractivity (Wildman–Crippen MR) is 41.6 cm³/mol. The van der Waals surface area contributed by atoms with Gasteiger partial charge in [0.25, 0.3) is 0 Å². The summed E-state index contributed by atoms with van der Waals surface area (Å²) in [6.45, 7) is 0. The van der Waals surface area contributed by atoms with Gasteiger partial charge in [-0.25, -0.2) is 9.59 Å². The zero-order valence-electron chi connectivity index (χ0n) is 9.26. The maximum atomic E-state index is 10.8. The third-order valence-corrected chi connectivity index (χ3v) is 1.55.